The van der Waals surface area contributed by atoms with Gasteiger partial charge in [-0.05, 0) is 18.4 Å². The van der Waals surface area contributed by atoms with Crippen molar-refractivity contribution in [3.8, 4) is 0 Å². The summed E-state index contributed by atoms with van der Waals surface area (Å²) in [7, 11) is 0. The third-order valence-electron chi connectivity index (χ3n) is 3.22. The number of ether oxygens (including phenoxy) is 2. The minimum atomic E-state index is -1.21. The van der Waals surface area contributed by atoms with Gasteiger partial charge in [-0.2, -0.15) is 0 Å². The summed E-state index contributed by atoms with van der Waals surface area (Å²) in [4.78, 5) is 22.8. The Hall–Kier alpha value is -1.92. The average molecular weight is 293 g/mol. The fraction of sp³-hybridized carbons (Fsp3) is 0.467. The van der Waals surface area contributed by atoms with Crippen molar-refractivity contribution < 1.29 is 24.2 Å². The van der Waals surface area contributed by atoms with Crippen LogP contribution in [0.3, 0.4) is 0 Å². The van der Waals surface area contributed by atoms with Crippen LogP contribution in [0.4, 0.5) is 0 Å². The van der Waals surface area contributed by atoms with Crippen LogP contribution in [0.15, 0.2) is 30.3 Å². The molecule has 1 aromatic carbocycles. The van der Waals surface area contributed by atoms with Gasteiger partial charge in [-0.25, -0.2) is 5.32 Å². The second kappa shape index (κ2) is 7.75. The number of hydrogen-bond acceptors (Lipinski definition) is 6. The Labute approximate surface area is 123 Å². The fourth-order valence-electron chi connectivity index (χ4n) is 2.10. The summed E-state index contributed by atoms with van der Waals surface area (Å²) in [6, 6.07) is 9.01. The Morgan fingerprint density at radius 1 is 1.29 bits per heavy atom. The second-order valence-corrected chi connectivity index (χ2v) is 4.90. The maximum Gasteiger partial charge on any atom is 0.326 e. The summed E-state index contributed by atoms with van der Waals surface area (Å²) in [5, 5.41) is 11.7. The zero-order valence-electron chi connectivity index (χ0n) is 11.7. The van der Waals surface area contributed by atoms with E-state index < -0.39 is 18.4 Å². The van der Waals surface area contributed by atoms with Crippen molar-refractivity contribution in [1.82, 2.24) is 5.32 Å². The number of cyclic esters (lactones) is 1. The number of carbonyl (C=O) groups is 2. The van der Waals surface area contributed by atoms with E-state index in [1.807, 2.05) is 30.3 Å². The highest BCUT2D eigenvalue weighted by atomic mass is 16.7. The van der Waals surface area contributed by atoms with Gasteiger partial charge in [0.05, 0.1) is 0 Å². The van der Waals surface area contributed by atoms with Gasteiger partial charge in [-0.3, -0.25) is 9.59 Å². The first kappa shape index (κ1) is 15.5. The SMILES string of the molecule is O=C(CCCC[C@@H]1NC(O)OC1=O)OCc1ccccc1. The van der Waals surface area contributed by atoms with E-state index in [1.54, 1.807) is 0 Å². The number of rotatable bonds is 7. The van der Waals surface area contributed by atoms with Crippen LogP contribution in [0.25, 0.3) is 0 Å². The predicted molar refractivity (Wildman–Crippen MR) is 73.7 cm³/mol. The first-order valence-corrected chi connectivity index (χ1v) is 6.99. The number of carbonyl (C=O) groups excluding carboxylic acids is 2. The van der Waals surface area contributed by atoms with Crippen LogP contribution >= 0.6 is 0 Å². The molecule has 1 saturated heterocycles. The van der Waals surface area contributed by atoms with E-state index in [9.17, 15) is 9.59 Å². The zero-order valence-corrected chi connectivity index (χ0v) is 11.7. The molecule has 1 heterocycles. The Bertz CT molecular complexity index is 476. The van der Waals surface area contributed by atoms with Crippen LogP contribution in [-0.2, 0) is 25.7 Å². The van der Waals surface area contributed by atoms with Gasteiger partial charge in [0, 0.05) is 6.42 Å². The molecule has 2 rings (SSSR count). The van der Waals surface area contributed by atoms with Crippen molar-refractivity contribution >= 4 is 11.9 Å². The summed E-state index contributed by atoms with van der Waals surface area (Å²) in [5.74, 6) is -0.699. The van der Waals surface area contributed by atoms with E-state index in [1.165, 1.54) is 0 Å². The maximum absolute atomic E-state index is 11.6. The van der Waals surface area contributed by atoms with Gasteiger partial charge < -0.3 is 14.6 Å². The van der Waals surface area contributed by atoms with Crippen molar-refractivity contribution in [3.63, 3.8) is 0 Å². The summed E-state index contributed by atoms with van der Waals surface area (Å²) in [6.45, 7) is 0.280. The van der Waals surface area contributed by atoms with Crippen molar-refractivity contribution in [2.75, 3.05) is 0 Å². The van der Waals surface area contributed by atoms with Gasteiger partial charge in [0.1, 0.15) is 12.6 Å². The van der Waals surface area contributed by atoms with Crippen LogP contribution in [-0.4, -0.2) is 29.5 Å². The Morgan fingerprint density at radius 2 is 2.05 bits per heavy atom. The first-order chi connectivity index (χ1) is 10.1. The molecule has 2 N–H and O–H groups in total. The molecule has 0 amide bonds. The summed E-state index contributed by atoms with van der Waals surface area (Å²) in [5.41, 5.74) is 0.956. The van der Waals surface area contributed by atoms with E-state index in [4.69, 9.17) is 9.84 Å². The minimum Gasteiger partial charge on any atom is -0.461 e. The highest BCUT2D eigenvalue weighted by molar-refractivity contribution is 5.77. The lowest BCUT2D eigenvalue weighted by Gasteiger charge is -2.07. The number of aliphatic hydroxyl groups is 1. The lowest BCUT2D eigenvalue weighted by molar-refractivity contribution is -0.155. The van der Waals surface area contributed by atoms with Crippen molar-refractivity contribution in [3.05, 3.63) is 35.9 Å². The third kappa shape index (κ3) is 5.17. The molecule has 6 nitrogen and oxygen atoms in total. The van der Waals surface area contributed by atoms with Crippen molar-refractivity contribution in [2.45, 2.75) is 44.7 Å². The minimum absolute atomic E-state index is 0.249. The van der Waals surface area contributed by atoms with Crippen LogP contribution in [0.5, 0.6) is 0 Å². The number of unbranched alkanes of at least 4 members (excludes halogenated alkanes) is 1. The van der Waals surface area contributed by atoms with E-state index in [2.05, 4.69) is 10.1 Å². The fourth-order valence-corrected chi connectivity index (χ4v) is 2.10. The molecule has 0 spiro atoms. The lowest BCUT2D eigenvalue weighted by Crippen LogP contribution is -2.31. The lowest BCUT2D eigenvalue weighted by atomic mass is 10.1. The first-order valence-electron chi connectivity index (χ1n) is 6.99. The molecule has 1 aromatic rings. The molecular weight excluding hydrogens is 274 g/mol. The zero-order chi connectivity index (χ0) is 15.1. The van der Waals surface area contributed by atoms with Gasteiger partial charge in [-0.15, -0.1) is 0 Å². The largest absolute Gasteiger partial charge is 0.461 e. The summed E-state index contributed by atoms with van der Waals surface area (Å²) >= 11 is 0. The number of benzene rings is 1. The third-order valence-corrected chi connectivity index (χ3v) is 3.22. The Kier molecular flexibility index (Phi) is 5.71. The molecule has 0 aliphatic carbocycles. The molecule has 114 valence electrons. The molecule has 1 aliphatic rings. The highest BCUT2D eigenvalue weighted by Gasteiger charge is 2.31. The molecule has 0 radical (unpaired) electrons. The van der Waals surface area contributed by atoms with Crippen LogP contribution < -0.4 is 5.32 Å². The molecule has 2 atom stereocenters. The van der Waals surface area contributed by atoms with Gasteiger partial charge >= 0.3 is 11.9 Å². The van der Waals surface area contributed by atoms with Crippen molar-refractivity contribution in [1.29, 1.82) is 0 Å². The van der Waals surface area contributed by atoms with E-state index in [0.717, 1.165) is 5.56 Å². The molecule has 1 unspecified atom stereocenters. The topological polar surface area (TPSA) is 84.9 Å². The van der Waals surface area contributed by atoms with Gasteiger partial charge in [0.15, 0.2) is 0 Å². The van der Waals surface area contributed by atoms with E-state index in [0.29, 0.717) is 25.7 Å². The van der Waals surface area contributed by atoms with Gasteiger partial charge in [-0.1, -0.05) is 36.8 Å². The number of nitrogens with one attached hydrogen (secondary N) is 1. The molecule has 1 aliphatic heterocycles. The molecule has 0 bridgehead atoms. The number of esters is 2. The maximum atomic E-state index is 11.6. The standard InChI is InChI=1S/C15H19NO5/c17-13(20-10-11-6-2-1-3-7-11)9-5-4-8-12-14(18)21-15(19)16-12/h1-3,6-7,12,15-16,19H,4-5,8-10H2/t12-,15?/m0/s1. The molecule has 6 heteroatoms. The van der Waals surface area contributed by atoms with Gasteiger partial charge in [0.25, 0.3) is 6.41 Å². The van der Waals surface area contributed by atoms with Crippen LogP contribution in [0.2, 0.25) is 0 Å². The van der Waals surface area contributed by atoms with E-state index >= 15 is 0 Å². The molecular formula is C15H19NO5. The quantitative estimate of drug-likeness (QED) is 0.578. The molecule has 21 heavy (non-hydrogen) atoms. The van der Waals surface area contributed by atoms with E-state index in [-0.39, 0.29) is 12.6 Å². The second-order valence-electron chi connectivity index (χ2n) is 4.90. The summed E-state index contributed by atoms with van der Waals surface area (Å²) in [6.07, 6.45) is 0.951. The normalized spacial score (nSPS) is 21.1. The Morgan fingerprint density at radius 3 is 2.71 bits per heavy atom. The van der Waals surface area contributed by atoms with Crippen LogP contribution in [0.1, 0.15) is 31.2 Å². The molecule has 0 aromatic heterocycles. The van der Waals surface area contributed by atoms with Gasteiger partial charge in [0.2, 0.25) is 0 Å². The number of aliphatic hydroxyl groups excluding tert-OH is 1. The monoisotopic (exact) mass is 293 g/mol. The molecule has 0 saturated carbocycles. The predicted octanol–water partition coefficient (Wildman–Crippen LogP) is 1.08. The smallest absolute Gasteiger partial charge is 0.326 e. The Balaban J connectivity index is 1.56. The molecule has 1 fully saturated rings. The average Bonchev–Trinajstić information content (AvgIpc) is 2.80. The van der Waals surface area contributed by atoms with Crippen LogP contribution in [0, 0.1) is 0 Å². The summed E-state index contributed by atoms with van der Waals surface area (Å²) < 4.78 is 9.71. The van der Waals surface area contributed by atoms with Crippen molar-refractivity contribution in [2.24, 2.45) is 0 Å². The highest BCUT2D eigenvalue weighted by Crippen LogP contribution is 2.12. The number of hydrogen-bond donors (Lipinski definition) is 2.